The van der Waals surface area contributed by atoms with E-state index in [1.807, 2.05) is 24.3 Å². The number of guanidine groups is 1. The Labute approximate surface area is 162 Å². The Hall–Kier alpha value is -2.54. The van der Waals surface area contributed by atoms with Crippen LogP contribution >= 0.6 is 11.6 Å². The number of hydrogen-bond acceptors (Lipinski definition) is 3. The third-order valence-corrected chi connectivity index (χ3v) is 4.14. The zero-order chi connectivity index (χ0) is 19.6. The van der Waals surface area contributed by atoms with E-state index in [-0.39, 0.29) is 11.5 Å². The summed E-state index contributed by atoms with van der Waals surface area (Å²) in [7, 11) is 3.06. The zero-order valence-corrected chi connectivity index (χ0v) is 15.9. The number of nitrogens with one attached hydrogen (secondary N) is 2. The third kappa shape index (κ3) is 6.60. The fourth-order valence-corrected chi connectivity index (χ4v) is 2.67. The molecule has 2 aromatic rings. The largest absolute Gasteiger partial charge is 0.493 e. The predicted octanol–water partition coefficient (Wildman–Crippen LogP) is 3.86. The summed E-state index contributed by atoms with van der Waals surface area (Å²) in [6.45, 7) is -1.89. The van der Waals surface area contributed by atoms with Crippen LogP contribution in [0.2, 0.25) is 5.02 Å². The number of ether oxygens (including phenoxy) is 2. The summed E-state index contributed by atoms with van der Waals surface area (Å²) in [6, 6.07) is 12.5. The number of alkyl halides is 2. The number of hydrogen-bond donors (Lipinski definition) is 2. The molecule has 0 aliphatic rings. The molecule has 0 bridgehead atoms. The summed E-state index contributed by atoms with van der Waals surface area (Å²) in [5.74, 6) is 0.837. The van der Waals surface area contributed by atoms with E-state index in [2.05, 4.69) is 20.4 Å². The molecule has 0 radical (unpaired) electrons. The molecule has 0 heterocycles. The van der Waals surface area contributed by atoms with E-state index in [0.717, 1.165) is 22.6 Å². The molecule has 146 valence electrons. The molecule has 5 nitrogen and oxygen atoms in total. The quantitative estimate of drug-likeness (QED) is 0.524. The molecule has 0 saturated carbocycles. The highest BCUT2D eigenvalue weighted by molar-refractivity contribution is 6.31. The van der Waals surface area contributed by atoms with Crippen molar-refractivity contribution in [2.24, 2.45) is 4.99 Å². The van der Waals surface area contributed by atoms with E-state index in [1.54, 1.807) is 19.2 Å². The maximum atomic E-state index is 12.5. The minimum Gasteiger partial charge on any atom is -0.493 e. The van der Waals surface area contributed by atoms with Crippen molar-refractivity contribution in [1.82, 2.24) is 10.6 Å². The minimum atomic E-state index is -2.92. The van der Waals surface area contributed by atoms with Gasteiger partial charge < -0.3 is 20.1 Å². The average Bonchev–Trinajstić information content (AvgIpc) is 2.65. The first-order valence-electron chi connectivity index (χ1n) is 8.33. The van der Waals surface area contributed by atoms with E-state index >= 15 is 0 Å². The van der Waals surface area contributed by atoms with Crippen LogP contribution in [-0.2, 0) is 13.0 Å². The van der Waals surface area contributed by atoms with Gasteiger partial charge in [0.05, 0.1) is 7.11 Å². The smallest absolute Gasteiger partial charge is 0.387 e. The summed E-state index contributed by atoms with van der Waals surface area (Å²) in [6.07, 6.45) is 0.745. The molecule has 0 aliphatic heterocycles. The molecule has 0 amide bonds. The lowest BCUT2D eigenvalue weighted by Crippen LogP contribution is -2.37. The molecule has 0 unspecified atom stereocenters. The van der Waals surface area contributed by atoms with E-state index in [9.17, 15) is 8.78 Å². The molecule has 0 saturated heterocycles. The Bertz CT molecular complexity index is 772. The van der Waals surface area contributed by atoms with Gasteiger partial charge in [-0.3, -0.25) is 4.99 Å². The van der Waals surface area contributed by atoms with Crippen LogP contribution in [0.25, 0.3) is 0 Å². The topological polar surface area (TPSA) is 54.9 Å². The number of rotatable bonds is 8. The van der Waals surface area contributed by atoms with Crippen LogP contribution in [0.4, 0.5) is 8.78 Å². The Kier molecular flexibility index (Phi) is 8.13. The van der Waals surface area contributed by atoms with E-state index in [0.29, 0.717) is 19.0 Å². The van der Waals surface area contributed by atoms with Gasteiger partial charge in [-0.2, -0.15) is 8.78 Å². The number of aliphatic imine (C=N–C) groups is 1. The molecule has 2 aromatic carbocycles. The Morgan fingerprint density at radius 3 is 2.59 bits per heavy atom. The van der Waals surface area contributed by atoms with Crippen molar-refractivity contribution < 1.29 is 18.3 Å². The van der Waals surface area contributed by atoms with Gasteiger partial charge in [0, 0.05) is 25.2 Å². The van der Waals surface area contributed by atoms with Crippen molar-refractivity contribution in [3.63, 3.8) is 0 Å². The van der Waals surface area contributed by atoms with E-state index in [1.165, 1.54) is 13.2 Å². The molecular weight excluding hydrogens is 376 g/mol. The summed E-state index contributed by atoms with van der Waals surface area (Å²) in [5.41, 5.74) is 1.80. The summed E-state index contributed by atoms with van der Waals surface area (Å²) in [5, 5.41) is 7.04. The highest BCUT2D eigenvalue weighted by atomic mass is 35.5. The first-order chi connectivity index (χ1) is 13.0. The maximum absolute atomic E-state index is 12.5. The van der Waals surface area contributed by atoms with Crippen LogP contribution in [0.1, 0.15) is 11.1 Å². The second-order valence-corrected chi connectivity index (χ2v) is 5.96. The lowest BCUT2D eigenvalue weighted by Gasteiger charge is -2.14. The fraction of sp³-hybridized carbons (Fsp3) is 0.316. The standard InChI is InChI=1S/C19H22ClF2N3O2/c1-23-19(24-10-9-14-5-3-4-6-15(14)20)25-12-13-7-8-16(26-2)17(11-13)27-18(21)22/h3-8,11,18H,9-10,12H2,1-2H3,(H2,23,24,25). The number of nitrogens with zero attached hydrogens (tertiary/aromatic N) is 1. The molecule has 2 rings (SSSR count). The van der Waals surface area contributed by atoms with E-state index < -0.39 is 6.61 Å². The van der Waals surface area contributed by atoms with Crippen LogP contribution in [0, 0.1) is 0 Å². The van der Waals surface area contributed by atoms with Crippen molar-refractivity contribution in [1.29, 1.82) is 0 Å². The van der Waals surface area contributed by atoms with Crippen LogP contribution in [0.15, 0.2) is 47.5 Å². The van der Waals surface area contributed by atoms with Gasteiger partial charge >= 0.3 is 6.61 Å². The predicted molar refractivity (Wildman–Crippen MR) is 103 cm³/mol. The molecule has 8 heteroatoms. The Balaban J connectivity index is 1.89. The minimum absolute atomic E-state index is 0.00605. The Morgan fingerprint density at radius 1 is 1.15 bits per heavy atom. The average molecular weight is 398 g/mol. The normalized spacial score (nSPS) is 11.4. The van der Waals surface area contributed by atoms with Gasteiger partial charge in [0.15, 0.2) is 17.5 Å². The lowest BCUT2D eigenvalue weighted by atomic mass is 10.1. The molecular formula is C19H22ClF2N3O2. The van der Waals surface area contributed by atoms with Crippen LogP contribution in [0.5, 0.6) is 11.5 Å². The monoisotopic (exact) mass is 397 g/mol. The SMILES string of the molecule is CN=C(NCCc1ccccc1Cl)NCc1ccc(OC)c(OC(F)F)c1. The van der Waals surface area contributed by atoms with Gasteiger partial charge in [-0.25, -0.2) is 0 Å². The van der Waals surface area contributed by atoms with Gasteiger partial charge in [-0.1, -0.05) is 35.9 Å². The highest BCUT2D eigenvalue weighted by Crippen LogP contribution is 2.29. The van der Waals surface area contributed by atoms with Crippen molar-refractivity contribution in [3.05, 3.63) is 58.6 Å². The van der Waals surface area contributed by atoms with Crippen molar-refractivity contribution >= 4 is 17.6 Å². The molecule has 0 atom stereocenters. The maximum Gasteiger partial charge on any atom is 0.387 e. The molecule has 27 heavy (non-hydrogen) atoms. The van der Waals surface area contributed by atoms with Crippen molar-refractivity contribution in [2.75, 3.05) is 20.7 Å². The number of methoxy groups -OCH3 is 1. The zero-order valence-electron chi connectivity index (χ0n) is 15.1. The second kappa shape index (κ2) is 10.6. The lowest BCUT2D eigenvalue weighted by molar-refractivity contribution is -0.0512. The first kappa shape index (κ1) is 20.8. The molecule has 2 N–H and O–H groups in total. The van der Waals surface area contributed by atoms with Crippen LogP contribution in [0.3, 0.4) is 0 Å². The summed E-state index contributed by atoms with van der Waals surface area (Å²) in [4.78, 5) is 4.15. The third-order valence-electron chi connectivity index (χ3n) is 3.77. The molecule has 0 spiro atoms. The van der Waals surface area contributed by atoms with E-state index in [4.69, 9.17) is 16.3 Å². The van der Waals surface area contributed by atoms with Gasteiger partial charge in [0.2, 0.25) is 0 Å². The number of halogens is 3. The molecule has 0 aliphatic carbocycles. The van der Waals surface area contributed by atoms with Gasteiger partial charge in [-0.05, 0) is 35.7 Å². The van der Waals surface area contributed by atoms with Crippen molar-refractivity contribution in [3.8, 4) is 11.5 Å². The van der Waals surface area contributed by atoms with Gasteiger partial charge in [0.25, 0.3) is 0 Å². The summed E-state index contributed by atoms with van der Waals surface area (Å²) < 4.78 is 34.5. The molecule has 0 fully saturated rings. The van der Waals surface area contributed by atoms with Crippen molar-refractivity contribution in [2.45, 2.75) is 19.6 Å². The highest BCUT2D eigenvalue weighted by Gasteiger charge is 2.11. The van der Waals surface area contributed by atoms with Crippen LogP contribution in [-0.4, -0.2) is 33.3 Å². The van der Waals surface area contributed by atoms with Gasteiger partial charge in [0.1, 0.15) is 0 Å². The van der Waals surface area contributed by atoms with Crippen LogP contribution < -0.4 is 20.1 Å². The number of benzene rings is 2. The van der Waals surface area contributed by atoms with Gasteiger partial charge in [-0.15, -0.1) is 0 Å². The second-order valence-electron chi connectivity index (χ2n) is 5.56. The first-order valence-corrected chi connectivity index (χ1v) is 8.71. The Morgan fingerprint density at radius 2 is 1.93 bits per heavy atom. The fourth-order valence-electron chi connectivity index (χ4n) is 2.44. The molecule has 0 aromatic heterocycles. The summed E-state index contributed by atoms with van der Waals surface area (Å²) >= 11 is 6.14.